The van der Waals surface area contributed by atoms with Crippen molar-refractivity contribution in [1.29, 1.82) is 0 Å². The van der Waals surface area contributed by atoms with Crippen molar-refractivity contribution in [2.75, 3.05) is 0 Å². The molecule has 0 radical (unpaired) electrons. The molecule has 27 heavy (non-hydrogen) atoms. The van der Waals surface area contributed by atoms with Gasteiger partial charge in [-0.25, -0.2) is 0 Å². The van der Waals surface area contributed by atoms with Gasteiger partial charge < -0.3 is 4.74 Å². The molecule has 0 unspecified atom stereocenters. The minimum absolute atomic E-state index is 0.138. The molecule has 142 valence electrons. The number of ether oxygens (including phenoxy) is 1. The first kappa shape index (κ1) is 19.2. The number of allylic oxidation sites excluding steroid dienone is 1. The predicted octanol–water partition coefficient (Wildman–Crippen LogP) is 6.53. The largest absolute Gasteiger partial charge is 0.573 e. The van der Waals surface area contributed by atoms with Gasteiger partial charge in [0.1, 0.15) is 5.75 Å². The molecular weight excluding hydrogens is 353 g/mol. The van der Waals surface area contributed by atoms with Gasteiger partial charge in [0.15, 0.2) is 5.78 Å². The Morgan fingerprint density at radius 1 is 0.926 bits per heavy atom. The number of hydrogen-bond acceptors (Lipinski definition) is 2. The topological polar surface area (TPSA) is 26.3 Å². The van der Waals surface area contributed by atoms with Crippen molar-refractivity contribution in [3.8, 4) is 5.75 Å². The van der Waals surface area contributed by atoms with E-state index in [4.69, 9.17) is 0 Å². The molecule has 0 amide bonds. The number of alkyl halides is 3. The normalized spacial score (nSPS) is 15.8. The summed E-state index contributed by atoms with van der Waals surface area (Å²) in [5.74, 6) is 0.168. The maximum absolute atomic E-state index is 12.3. The third kappa shape index (κ3) is 5.71. The van der Waals surface area contributed by atoms with E-state index in [1.54, 1.807) is 6.08 Å². The molecule has 5 heteroatoms. The summed E-state index contributed by atoms with van der Waals surface area (Å²) in [6, 6.07) is 13.1. The maximum Gasteiger partial charge on any atom is 0.573 e. The van der Waals surface area contributed by atoms with E-state index in [1.165, 1.54) is 68.0 Å². The first-order valence-corrected chi connectivity index (χ1v) is 9.09. The fourth-order valence-electron chi connectivity index (χ4n) is 3.40. The van der Waals surface area contributed by atoms with E-state index < -0.39 is 6.36 Å². The van der Waals surface area contributed by atoms with E-state index in [9.17, 15) is 18.0 Å². The van der Waals surface area contributed by atoms with Crippen LogP contribution in [-0.2, 0) is 0 Å². The second-order valence-corrected chi connectivity index (χ2v) is 6.77. The van der Waals surface area contributed by atoms with E-state index in [-0.39, 0.29) is 11.5 Å². The minimum Gasteiger partial charge on any atom is -0.406 e. The van der Waals surface area contributed by atoms with Gasteiger partial charge in [0.05, 0.1) is 0 Å². The average Bonchev–Trinajstić information content (AvgIpc) is 2.67. The van der Waals surface area contributed by atoms with Crippen molar-refractivity contribution in [2.24, 2.45) is 0 Å². The third-order valence-electron chi connectivity index (χ3n) is 4.81. The van der Waals surface area contributed by atoms with Gasteiger partial charge >= 0.3 is 6.36 Å². The van der Waals surface area contributed by atoms with Crippen molar-refractivity contribution >= 4 is 11.9 Å². The zero-order valence-corrected chi connectivity index (χ0v) is 14.8. The van der Waals surface area contributed by atoms with Crippen LogP contribution in [-0.4, -0.2) is 12.1 Å². The van der Waals surface area contributed by atoms with Crippen molar-refractivity contribution in [3.05, 3.63) is 71.3 Å². The van der Waals surface area contributed by atoms with Gasteiger partial charge in [0.25, 0.3) is 0 Å². The third-order valence-corrected chi connectivity index (χ3v) is 4.81. The number of halogens is 3. The summed E-state index contributed by atoms with van der Waals surface area (Å²) in [6.45, 7) is 0. The molecule has 2 aromatic rings. The number of carbonyl (C=O) groups is 1. The fourth-order valence-corrected chi connectivity index (χ4v) is 3.40. The monoisotopic (exact) mass is 374 g/mol. The SMILES string of the molecule is O=C(/C=C/c1ccc(OC(F)(F)F)cc1)c1ccc(C2CCCCC2)cc1. The predicted molar refractivity (Wildman–Crippen MR) is 98.8 cm³/mol. The molecular formula is C22H21F3O2. The molecule has 1 aliphatic carbocycles. The molecule has 0 N–H and O–H groups in total. The zero-order chi connectivity index (χ0) is 19.3. The lowest BCUT2D eigenvalue weighted by Gasteiger charge is -2.21. The quantitative estimate of drug-likeness (QED) is 0.439. The second kappa shape index (κ2) is 8.42. The van der Waals surface area contributed by atoms with Gasteiger partial charge in [0, 0.05) is 5.56 Å². The molecule has 0 aliphatic heterocycles. The first-order valence-electron chi connectivity index (χ1n) is 9.09. The lowest BCUT2D eigenvalue weighted by molar-refractivity contribution is -0.274. The van der Waals surface area contributed by atoms with Crippen LogP contribution in [0.5, 0.6) is 5.75 Å². The van der Waals surface area contributed by atoms with E-state index >= 15 is 0 Å². The van der Waals surface area contributed by atoms with E-state index in [1.807, 2.05) is 24.3 Å². The summed E-state index contributed by atoms with van der Waals surface area (Å²) in [7, 11) is 0. The van der Waals surface area contributed by atoms with Crippen LogP contribution < -0.4 is 4.74 Å². The van der Waals surface area contributed by atoms with Crippen LogP contribution in [0.15, 0.2) is 54.6 Å². The van der Waals surface area contributed by atoms with E-state index in [0.717, 1.165) is 0 Å². The standard InChI is InChI=1S/C22H21F3O2/c23-22(24,25)27-20-13-6-16(7-14-20)8-15-21(26)19-11-9-18(10-12-19)17-4-2-1-3-5-17/h6-15,17H,1-5H2/b15-8+. The number of carbonyl (C=O) groups excluding carboxylic acids is 1. The van der Waals surface area contributed by atoms with Gasteiger partial charge in [0.2, 0.25) is 0 Å². The van der Waals surface area contributed by atoms with Gasteiger partial charge in [-0.05, 0) is 48.1 Å². The highest BCUT2D eigenvalue weighted by atomic mass is 19.4. The zero-order valence-electron chi connectivity index (χ0n) is 14.8. The summed E-state index contributed by atoms with van der Waals surface area (Å²) < 4.78 is 40.3. The molecule has 0 atom stereocenters. The van der Waals surface area contributed by atoms with Gasteiger partial charge in [-0.3, -0.25) is 4.79 Å². The highest BCUT2D eigenvalue weighted by Gasteiger charge is 2.30. The van der Waals surface area contributed by atoms with Crippen molar-refractivity contribution < 1.29 is 22.7 Å². The highest BCUT2D eigenvalue weighted by molar-refractivity contribution is 6.06. The molecule has 3 rings (SSSR count). The summed E-state index contributed by atoms with van der Waals surface area (Å²) >= 11 is 0. The fraction of sp³-hybridized carbons (Fsp3) is 0.318. The molecule has 1 saturated carbocycles. The van der Waals surface area contributed by atoms with E-state index in [2.05, 4.69) is 4.74 Å². The second-order valence-electron chi connectivity index (χ2n) is 6.77. The lowest BCUT2D eigenvalue weighted by Crippen LogP contribution is -2.16. The molecule has 2 aromatic carbocycles. The molecule has 2 nitrogen and oxygen atoms in total. The van der Waals surface area contributed by atoms with Crippen LogP contribution >= 0.6 is 0 Å². The van der Waals surface area contributed by atoms with Crippen LogP contribution in [0.2, 0.25) is 0 Å². The Kier molecular flexibility index (Phi) is 5.99. The minimum atomic E-state index is -4.71. The molecule has 0 saturated heterocycles. The van der Waals surface area contributed by atoms with Gasteiger partial charge in [-0.15, -0.1) is 13.2 Å². The summed E-state index contributed by atoms with van der Waals surface area (Å²) in [5, 5.41) is 0. The highest BCUT2D eigenvalue weighted by Crippen LogP contribution is 2.32. The van der Waals surface area contributed by atoms with Gasteiger partial charge in [-0.2, -0.15) is 0 Å². The van der Waals surface area contributed by atoms with Crippen LogP contribution in [0.1, 0.15) is 59.5 Å². The smallest absolute Gasteiger partial charge is 0.406 e. The molecule has 0 spiro atoms. The molecule has 0 aromatic heterocycles. The van der Waals surface area contributed by atoms with Crippen LogP contribution in [0.25, 0.3) is 6.08 Å². The number of ketones is 1. The number of rotatable bonds is 5. The first-order chi connectivity index (χ1) is 12.9. The van der Waals surface area contributed by atoms with Crippen LogP contribution in [0.4, 0.5) is 13.2 Å². The lowest BCUT2D eigenvalue weighted by atomic mass is 9.84. The summed E-state index contributed by atoms with van der Waals surface area (Å²) in [6.07, 6.45) is 4.55. The molecule has 0 heterocycles. The molecule has 0 bridgehead atoms. The van der Waals surface area contributed by atoms with E-state index in [0.29, 0.717) is 17.0 Å². The average molecular weight is 374 g/mol. The molecule has 1 fully saturated rings. The maximum atomic E-state index is 12.3. The number of benzene rings is 2. The van der Waals surface area contributed by atoms with Crippen molar-refractivity contribution in [1.82, 2.24) is 0 Å². The Balaban J connectivity index is 1.61. The summed E-state index contributed by atoms with van der Waals surface area (Å²) in [5.41, 5.74) is 2.51. The van der Waals surface area contributed by atoms with Crippen molar-refractivity contribution in [3.63, 3.8) is 0 Å². The van der Waals surface area contributed by atoms with Crippen LogP contribution in [0, 0.1) is 0 Å². The number of hydrogen-bond donors (Lipinski definition) is 0. The van der Waals surface area contributed by atoms with Crippen molar-refractivity contribution in [2.45, 2.75) is 44.4 Å². The van der Waals surface area contributed by atoms with Crippen LogP contribution in [0.3, 0.4) is 0 Å². The Bertz CT molecular complexity index is 784. The summed E-state index contributed by atoms with van der Waals surface area (Å²) in [4.78, 5) is 12.3. The Morgan fingerprint density at radius 3 is 2.15 bits per heavy atom. The Labute approximate surface area is 156 Å². The van der Waals surface area contributed by atoms with Gasteiger partial charge in [-0.1, -0.05) is 61.7 Å². The Morgan fingerprint density at radius 2 is 1.56 bits per heavy atom. The molecule has 1 aliphatic rings. The Hall–Kier alpha value is -2.56.